The van der Waals surface area contributed by atoms with Crippen molar-refractivity contribution in [3.8, 4) is 0 Å². The summed E-state index contributed by atoms with van der Waals surface area (Å²) < 4.78 is 19.7. The maximum absolute atomic E-state index is 12.0. The minimum absolute atomic E-state index is 0.0175. The smallest absolute Gasteiger partial charge is 0.345 e. The predicted octanol–water partition coefficient (Wildman–Crippen LogP) is 0.706. The molecule has 0 aliphatic carbocycles. The highest BCUT2D eigenvalue weighted by molar-refractivity contribution is 6.02. The van der Waals surface area contributed by atoms with Gasteiger partial charge in [0, 0.05) is 0 Å². The number of esters is 2. The van der Waals surface area contributed by atoms with Crippen LogP contribution in [0, 0.1) is 10.1 Å². The quantitative estimate of drug-likeness (QED) is 0.311. The lowest BCUT2D eigenvalue weighted by Gasteiger charge is -2.07. The first kappa shape index (κ1) is 15.4. The fraction of sp³-hybridized carbons (Fsp3) is 0.429. The monoisotopic (exact) mass is 323 g/mol. The highest BCUT2D eigenvalue weighted by Crippen LogP contribution is 2.26. The first-order valence-electron chi connectivity index (χ1n) is 6.91. The maximum atomic E-state index is 12.0. The Kier molecular flexibility index (Phi) is 4.22. The van der Waals surface area contributed by atoms with Crippen molar-refractivity contribution in [3.63, 3.8) is 0 Å². The molecule has 122 valence electrons. The number of epoxide rings is 2. The fourth-order valence-electron chi connectivity index (χ4n) is 1.89. The van der Waals surface area contributed by atoms with Gasteiger partial charge < -0.3 is 18.9 Å². The van der Waals surface area contributed by atoms with Crippen LogP contribution in [0.2, 0.25) is 0 Å². The average molecular weight is 323 g/mol. The molecule has 0 saturated carbocycles. The Bertz CT molecular complexity index is 604. The lowest BCUT2D eigenvalue weighted by molar-refractivity contribution is -0.385. The molecule has 2 aliphatic heterocycles. The van der Waals surface area contributed by atoms with E-state index >= 15 is 0 Å². The molecule has 9 nitrogen and oxygen atoms in total. The highest BCUT2D eigenvalue weighted by atomic mass is 16.6. The van der Waals surface area contributed by atoms with Crippen LogP contribution in [-0.4, -0.2) is 55.5 Å². The number of carbonyl (C=O) groups excluding carboxylic acids is 2. The van der Waals surface area contributed by atoms with E-state index in [1.54, 1.807) is 0 Å². The number of ether oxygens (including phenoxy) is 4. The number of para-hydroxylation sites is 1. The van der Waals surface area contributed by atoms with Crippen LogP contribution >= 0.6 is 0 Å². The Hall–Kier alpha value is -2.52. The molecule has 2 fully saturated rings. The van der Waals surface area contributed by atoms with Crippen LogP contribution in [0.3, 0.4) is 0 Å². The molecule has 0 amide bonds. The summed E-state index contributed by atoms with van der Waals surface area (Å²) in [5.41, 5.74) is -1.23. The standard InChI is InChI=1S/C14H13NO8/c16-13(22-6-8-4-20-8)10-2-1-3-11(12(10)15(18)19)14(17)23-7-9-5-21-9/h1-3,8-9H,4-7H2. The number of hydrogen-bond donors (Lipinski definition) is 0. The van der Waals surface area contributed by atoms with E-state index in [0.717, 1.165) is 0 Å². The molecular weight excluding hydrogens is 310 g/mol. The van der Waals surface area contributed by atoms with Crippen molar-refractivity contribution in [2.75, 3.05) is 26.4 Å². The highest BCUT2D eigenvalue weighted by Gasteiger charge is 2.32. The molecule has 0 radical (unpaired) electrons. The summed E-state index contributed by atoms with van der Waals surface area (Å²) in [5, 5.41) is 11.3. The second kappa shape index (κ2) is 6.31. The molecule has 2 atom stereocenters. The molecule has 1 aromatic carbocycles. The van der Waals surface area contributed by atoms with Gasteiger partial charge in [-0.2, -0.15) is 0 Å². The number of nitrogens with zero attached hydrogens (tertiary/aromatic N) is 1. The number of hydrogen-bond acceptors (Lipinski definition) is 8. The summed E-state index contributed by atoms with van der Waals surface area (Å²) in [6, 6.07) is 3.82. The average Bonchev–Trinajstić information content (AvgIpc) is 3.43. The van der Waals surface area contributed by atoms with Gasteiger partial charge >= 0.3 is 11.9 Å². The molecule has 0 aromatic heterocycles. The lowest BCUT2D eigenvalue weighted by Crippen LogP contribution is -2.16. The van der Waals surface area contributed by atoms with Crippen LogP contribution in [0.25, 0.3) is 0 Å². The lowest BCUT2D eigenvalue weighted by atomic mass is 10.1. The van der Waals surface area contributed by atoms with Gasteiger partial charge in [0.1, 0.15) is 36.5 Å². The Morgan fingerprint density at radius 3 is 1.87 bits per heavy atom. The molecule has 1 aromatic rings. The van der Waals surface area contributed by atoms with Crippen molar-refractivity contribution in [3.05, 3.63) is 39.4 Å². The molecule has 0 bridgehead atoms. The molecule has 0 N–H and O–H groups in total. The number of nitro groups is 1. The molecule has 3 rings (SSSR count). The molecule has 23 heavy (non-hydrogen) atoms. The first-order valence-corrected chi connectivity index (χ1v) is 6.91. The number of rotatable bonds is 7. The zero-order valence-electron chi connectivity index (χ0n) is 11.9. The van der Waals surface area contributed by atoms with Crippen molar-refractivity contribution in [2.24, 2.45) is 0 Å². The minimum atomic E-state index is -0.882. The zero-order chi connectivity index (χ0) is 16.4. The van der Waals surface area contributed by atoms with Gasteiger partial charge in [-0.05, 0) is 12.1 Å². The van der Waals surface area contributed by atoms with Crippen LogP contribution in [0.4, 0.5) is 5.69 Å². The van der Waals surface area contributed by atoms with Gasteiger partial charge in [0.25, 0.3) is 5.69 Å². The van der Waals surface area contributed by atoms with Gasteiger partial charge in [0.2, 0.25) is 0 Å². The maximum Gasteiger partial charge on any atom is 0.345 e. The largest absolute Gasteiger partial charge is 0.459 e. The topological polar surface area (TPSA) is 121 Å². The Balaban J connectivity index is 1.79. The third-order valence-electron chi connectivity index (χ3n) is 3.26. The third-order valence-corrected chi connectivity index (χ3v) is 3.26. The molecule has 0 spiro atoms. The van der Waals surface area contributed by atoms with Crippen molar-refractivity contribution in [1.29, 1.82) is 0 Å². The Morgan fingerprint density at radius 1 is 1.09 bits per heavy atom. The molecule has 2 heterocycles. The second-order valence-electron chi connectivity index (χ2n) is 5.07. The van der Waals surface area contributed by atoms with Crippen molar-refractivity contribution in [1.82, 2.24) is 0 Å². The summed E-state index contributed by atoms with van der Waals surface area (Å²) in [4.78, 5) is 34.5. The van der Waals surface area contributed by atoms with Gasteiger partial charge in [-0.15, -0.1) is 0 Å². The number of benzene rings is 1. The van der Waals surface area contributed by atoms with E-state index in [2.05, 4.69) is 0 Å². The van der Waals surface area contributed by atoms with Crippen LogP contribution in [0.15, 0.2) is 18.2 Å². The summed E-state index contributed by atoms with van der Waals surface area (Å²) in [7, 11) is 0. The van der Waals surface area contributed by atoms with Gasteiger partial charge in [0.05, 0.1) is 18.1 Å². The zero-order valence-corrected chi connectivity index (χ0v) is 11.9. The van der Waals surface area contributed by atoms with E-state index in [-0.39, 0.29) is 36.5 Å². The van der Waals surface area contributed by atoms with E-state index in [4.69, 9.17) is 18.9 Å². The van der Waals surface area contributed by atoms with E-state index in [1.165, 1.54) is 18.2 Å². The SMILES string of the molecule is O=C(OCC1CO1)c1cccc(C(=O)OCC2CO2)c1[N+](=O)[O-]. The summed E-state index contributed by atoms with van der Waals surface area (Å²) >= 11 is 0. The van der Waals surface area contributed by atoms with E-state index in [9.17, 15) is 19.7 Å². The number of nitro benzene ring substituents is 1. The molecule has 9 heteroatoms. The predicted molar refractivity (Wildman–Crippen MR) is 73.1 cm³/mol. The van der Waals surface area contributed by atoms with Gasteiger partial charge in [-0.3, -0.25) is 10.1 Å². The van der Waals surface area contributed by atoms with Gasteiger partial charge in [0.15, 0.2) is 0 Å². The summed E-state index contributed by atoms with van der Waals surface area (Å²) in [6.07, 6.45) is -0.325. The number of carbonyl (C=O) groups is 2. The molecular formula is C14H13NO8. The van der Waals surface area contributed by atoms with Crippen LogP contribution in [-0.2, 0) is 18.9 Å². The van der Waals surface area contributed by atoms with Crippen LogP contribution in [0.5, 0.6) is 0 Å². The molecule has 2 aliphatic rings. The van der Waals surface area contributed by atoms with Crippen molar-refractivity contribution < 1.29 is 33.5 Å². The molecule has 2 unspecified atom stereocenters. The van der Waals surface area contributed by atoms with E-state index in [0.29, 0.717) is 13.2 Å². The Labute approximate surface area is 130 Å². The molecule has 2 saturated heterocycles. The summed E-state index contributed by atoms with van der Waals surface area (Å²) in [6.45, 7) is 1.02. The van der Waals surface area contributed by atoms with Crippen molar-refractivity contribution in [2.45, 2.75) is 12.2 Å². The normalized spacial score (nSPS) is 21.4. The van der Waals surface area contributed by atoms with Crippen LogP contribution < -0.4 is 0 Å². The Morgan fingerprint density at radius 2 is 1.52 bits per heavy atom. The minimum Gasteiger partial charge on any atom is -0.459 e. The fourth-order valence-corrected chi connectivity index (χ4v) is 1.89. The summed E-state index contributed by atoms with van der Waals surface area (Å²) in [5.74, 6) is -1.76. The van der Waals surface area contributed by atoms with E-state index in [1.807, 2.05) is 0 Å². The van der Waals surface area contributed by atoms with Crippen molar-refractivity contribution >= 4 is 17.6 Å². The second-order valence-corrected chi connectivity index (χ2v) is 5.07. The van der Waals surface area contributed by atoms with Gasteiger partial charge in [-0.25, -0.2) is 9.59 Å². The third kappa shape index (κ3) is 3.82. The first-order chi connectivity index (χ1) is 11.1. The van der Waals surface area contributed by atoms with Gasteiger partial charge in [-0.1, -0.05) is 6.07 Å². The van der Waals surface area contributed by atoms with E-state index < -0.39 is 22.5 Å². The van der Waals surface area contributed by atoms with Crippen LogP contribution in [0.1, 0.15) is 20.7 Å².